The summed E-state index contributed by atoms with van der Waals surface area (Å²) in [7, 11) is 0. The van der Waals surface area contributed by atoms with Crippen LogP contribution in [0.25, 0.3) is 0 Å². The van der Waals surface area contributed by atoms with Gasteiger partial charge in [-0.2, -0.15) is 0 Å². The predicted molar refractivity (Wildman–Crippen MR) is 76.2 cm³/mol. The van der Waals surface area contributed by atoms with E-state index in [0.29, 0.717) is 12.0 Å². The van der Waals surface area contributed by atoms with Crippen LogP contribution in [0.3, 0.4) is 0 Å². The Morgan fingerprint density at radius 1 is 1.06 bits per heavy atom. The third kappa shape index (κ3) is 4.27. The lowest BCUT2D eigenvalue weighted by Crippen LogP contribution is -2.14. The van der Waals surface area contributed by atoms with Gasteiger partial charge in [-0.05, 0) is 49.9 Å². The quantitative estimate of drug-likeness (QED) is 0.437. The van der Waals surface area contributed by atoms with E-state index < -0.39 is 0 Å². The molecule has 0 heterocycles. The first-order valence-electron chi connectivity index (χ1n) is 6.70. The van der Waals surface area contributed by atoms with Crippen LogP contribution in [0.15, 0.2) is 24.3 Å². The summed E-state index contributed by atoms with van der Waals surface area (Å²) in [6, 6.07) is 7.99. The minimum Gasteiger partial charge on any atom is -0.490 e. The molecule has 1 aromatic carbocycles. The molecule has 0 N–H and O–H groups in total. The fraction of sp³-hybridized carbons (Fsp3) is 0.500. The zero-order chi connectivity index (χ0) is 12.6. The maximum absolute atomic E-state index is 6.02. The topological polar surface area (TPSA) is 9.23 Å². The molecule has 0 bridgehead atoms. The van der Waals surface area contributed by atoms with Gasteiger partial charge in [0.25, 0.3) is 0 Å². The van der Waals surface area contributed by atoms with Gasteiger partial charge in [-0.1, -0.05) is 24.7 Å². The van der Waals surface area contributed by atoms with Crippen molar-refractivity contribution >= 4 is 11.6 Å². The van der Waals surface area contributed by atoms with Gasteiger partial charge in [0.05, 0.1) is 12.0 Å². The largest absolute Gasteiger partial charge is 0.490 e. The molecule has 1 aliphatic rings. The fourth-order valence-corrected chi connectivity index (χ4v) is 2.37. The van der Waals surface area contributed by atoms with E-state index in [-0.39, 0.29) is 0 Å². The molecule has 0 spiro atoms. The molecule has 1 saturated carbocycles. The van der Waals surface area contributed by atoms with Gasteiger partial charge >= 0.3 is 0 Å². The van der Waals surface area contributed by atoms with E-state index in [1.165, 1.54) is 38.5 Å². The zero-order valence-corrected chi connectivity index (χ0v) is 11.4. The Bertz CT molecular complexity index is 405. The van der Waals surface area contributed by atoms with Crippen molar-refractivity contribution in [2.24, 2.45) is 0 Å². The van der Waals surface area contributed by atoms with Gasteiger partial charge in [-0.15, -0.1) is 11.6 Å². The van der Waals surface area contributed by atoms with Crippen LogP contribution in [-0.2, 0) is 0 Å². The lowest BCUT2D eigenvalue weighted by molar-refractivity contribution is 0.184. The Kier molecular flexibility index (Phi) is 5.42. The molecular formula is C16H19ClO. The van der Waals surface area contributed by atoms with Gasteiger partial charge < -0.3 is 4.74 Å². The molecule has 1 fully saturated rings. The maximum atomic E-state index is 6.02. The summed E-state index contributed by atoms with van der Waals surface area (Å²) < 4.78 is 6.02. The van der Waals surface area contributed by atoms with Gasteiger partial charge in [-0.3, -0.25) is 0 Å². The summed E-state index contributed by atoms with van der Waals surface area (Å²) in [6.45, 7) is 0. The first kappa shape index (κ1) is 13.3. The van der Waals surface area contributed by atoms with Gasteiger partial charge in [0.15, 0.2) is 0 Å². The van der Waals surface area contributed by atoms with E-state index >= 15 is 0 Å². The Morgan fingerprint density at radius 2 is 1.72 bits per heavy atom. The Morgan fingerprint density at radius 3 is 2.33 bits per heavy atom. The highest BCUT2D eigenvalue weighted by Gasteiger charge is 2.13. The van der Waals surface area contributed by atoms with Gasteiger partial charge in [-0.25, -0.2) is 0 Å². The third-order valence-corrected chi connectivity index (χ3v) is 3.39. The standard InChI is InChI=1S/C16H19ClO/c17-13-5-6-14-9-11-16(12-10-14)18-15-7-3-1-2-4-8-15/h9-12,15H,1-4,7-8,13H2. The number of halogens is 1. The number of ether oxygens (including phenoxy) is 1. The minimum absolute atomic E-state index is 0.375. The molecule has 2 heteroatoms. The molecule has 96 valence electrons. The van der Waals surface area contributed by atoms with E-state index in [1.807, 2.05) is 24.3 Å². The molecule has 0 radical (unpaired) electrons. The first-order chi connectivity index (χ1) is 8.88. The second-order valence-corrected chi connectivity index (χ2v) is 4.96. The fourth-order valence-electron chi connectivity index (χ4n) is 2.30. The van der Waals surface area contributed by atoms with Crippen molar-refractivity contribution < 1.29 is 4.74 Å². The third-order valence-electron chi connectivity index (χ3n) is 3.26. The van der Waals surface area contributed by atoms with Crippen molar-refractivity contribution in [1.82, 2.24) is 0 Å². The lowest BCUT2D eigenvalue weighted by Gasteiger charge is -2.16. The second-order valence-electron chi connectivity index (χ2n) is 4.69. The molecule has 1 aliphatic carbocycles. The molecule has 1 nitrogen and oxygen atoms in total. The van der Waals surface area contributed by atoms with E-state index in [0.717, 1.165) is 11.3 Å². The molecule has 0 amide bonds. The van der Waals surface area contributed by atoms with Crippen LogP contribution < -0.4 is 4.74 Å². The Balaban J connectivity index is 1.92. The Labute approximate surface area is 114 Å². The summed E-state index contributed by atoms with van der Waals surface area (Å²) in [4.78, 5) is 0. The molecule has 2 rings (SSSR count). The highest BCUT2D eigenvalue weighted by atomic mass is 35.5. The number of hydrogen-bond acceptors (Lipinski definition) is 1. The first-order valence-corrected chi connectivity index (χ1v) is 7.23. The predicted octanol–water partition coefficient (Wildman–Crippen LogP) is 4.38. The summed E-state index contributed by atoms with van der Waals surface area (Å²) >= 11 is 5.53. The van der Waals surface area contributed by atoms with Crippen LogP contribution in [-0.4, -0.2) is 12.0 Å². The molecule has 1 aromatic rings. The molecule has 0 aliphatic heterocycles. The van der Waals surface area contributed by atoms with E-state index in [4.69, 9.17) is 16.3 Å². The van der Waals surface area contributed by atoms with E-state index in [9.17, 15) is 0 Å². The van der Waals surface area contributed by atoms with Crippen LogP contribution in [0.5, 0.6) is 5.75 Å². The van der Waals surface area contributed by atoms with Crippen LogP contribution in [0.4, 0.5) is 0 Å². The SMILES string of the molecule is ClCC#Cc1ccc(OC2CCCCCC2)cc1. The summed E-state index contributed by atoms with van der Waals surface area (Å²) in [5.74, 6) is 7.18. The number of alkyl halides is 1. The lowest BCUT2D eigenvalue weighted by atomic mass is 10.1. The molecule has 0 unspecified atom stereocenters. The zero-order valence-electron chi connectivity index (χ0n) is 10.6. The second kappa shape index (κ2) is 7.34. The average Bonchev–Trinajstić information content (AvgIpc) is 2.67. The highest BCUT2D eigenvalue weighted by Crippen LogP contribution is 2.22. The van der Waals surface area contributed by atoms with Crippen molar-refractivity contribution in [2.45, 2.75) is 44.6 Å². The van der Waals surface area contributed by atoms with Gasteiger partial charge in [0.1, 0.15) is 5.75 Å². The smallest absolute Gasteiger partial charge is 0.119 e. The highest BCUT2D eigenvalue weighted by molar-refractivity contribution is 6.19. The van der Waals surface area contributed by atoms with Crippen LogP contribution in [0.1, 0.15) is 44.1 Å². The molecule has 0 aromatic heterocycles. The average molecular weight is 263 g/mol. The van der Waals surface area contributed by atoms with Crippen LogP contribution in [0.2, 0.25) is 0 Å². The van der Waals surface area contributed by atoms with Crippen LogP contribution in [0, 0.1) is 11.8 Å². The van der Waals surface area contributed by atoms with Gasteiger partial charge in [0, 0.05) is 5.56 Å². The van der Waals surface area contributed by atoms with Gasteiger partial charge in [0.2, 0.25) is 0 Å². The number of benzene rings is 1. The summed E-state index contributed by atoms with van der Waals surface area (Å²) in [6.07, 6.45) is 8.07. The van der Waals surface area contributed by atoms with E-state index in [1.54, 1.807) is 0 Å². The molecule has 18 heavy (non-hydrogen) atoms. The number of hydrogen-bond donors (Lipinski definition) is 0. The summed E-state index contributed by atoms with van der Waals surface area (Å²) in [5.41, 5.74) is 0.990. The van der Waals surface area contributed by atoms with E-state index in [2.05, 4.69) is 11.8 Å². The molecule has 0 saturated heterocycles. The van der Waals surface area contributed by atoms with Crippen LogP contribution >= 0.6 is 11.6 Å². The van der Waals surface area contributed by atoms with Crippen molar-refractivity contribution in [1.29, 1.82) is 0 Å². The van der Waals surface area contributed by atoms with Crippen molar-refractivity contribution in [2.75, 3.05) is 5.88 Å². The minimum atomic E-state index is 0.375. The Hall–Kier alpha value is -1.13. The van der Waals surface area contributed by atoms with Crippen molar-refractivity contribution in [3.05, 3.63) is 29.8 Å². The normalized spacial score (nSPS) is 16.5. The number of rotatable bonds is 2. The maximum Gasteiger partial charge on any atom is 0.119 e. The monoisotopic (exact) mass is 262 g/mol. The molecule has 0 atom stereocenters. The molecular weight excluding hydrogens is 244 g/mol. The van der Waals surface area contributed by atoms with Crippen molar-refractivity contribution in [3.8, 4) is 17.6 Å². The summed E-state index contributed by atoms with van der Waals surface area (Å²) in [5, 5.41) is 0. The van der Waals surface area contributed by atoms with Crippen molar-refractivity contribution in [3.63, 3.8) is 0 Å².